The van der Waals surface area contributed by atoms with Crippen LogP contribution in [0.4, 0.5) is 17.6 Å². The lowest BCUT2D eigenvalue weighted by Gasteiger charge is -2.48. The monoisotopic (exact) mass is 483 g/mol. The summed E-state index contributed by atoms with van der Waals surface area (Å²) in [5, 5.41) is 16.0. The maximum absolute atomic E-state index is 13.4. The molecule has 0 bridgehead atoms. The lowest BCUT2D eigenvalue weighted by molar-refractivity contribution is -0.192. The molecule has 34 heavy (non-hydrogen) atoms. The lowest BCUT2D eigenvalue weighted by Crippen LogP contribution is -2.56. The summed E-state index contributed by atoms with van der Waals surface area (Å²) in [7, 11) is 2.11. The topological polar surface area (TPSA) is 91.6 Å². The molecule has 12 heteroatoms. The van der Waals surface area contributed by atoms with Gasteiger partial charge in [0, 0.05) is 31.1 Å². The van der Waals surface area contributed by atoms with Crippen molar-refractivity contribution in [1.29, 1.82) is 0 Å². The molecule has 1 aromatic carbocycles. The number of carboxylic acid groups (broad SMARTS) is 1. The number of benzene rings is 1. The molecule has 1 spiro atoms. The van der Waals surface area contributed by atoms with E-state index in [1.54, 1.807) is 12.1 Å². The maximum Gasteiger partial charge on any atom is 0.490 e. The molecule has 1 amide bonds. The number of carbonyl (C=O) groups excluding carboxylic acids is 1. The third-order valence-corrected chi connectivity index (χ3v) is 6.46. The van der Waals surface area contributed by atoms with Gasteiger partial charge in [0.25, 0.3) is 0 Å². The zero-order chi connectivity index (χ0) is 24.7. The fourth-order valence-corrected chi connectivity index (χ4v) is 4.69. The van der Waals surface area contributed by atoms with Crippen molar-refractivity contribution in [2.75, 3.05) is 26.7 Å². The van der Waals surface area contributed by atoms with Crippen molar-refractivity contribution in [1.82, 2.24) is 24.6 Å². The van der Waals surface area contributed by atoms with Gasteiger partial charge >= 0.3 is 12.1 Å². The van der Waals surface area contributed by atoms with E-state index in [0.29, 0.717) is 5.91 Å². The average molecular weight is 483 g/mol. The van der Waals surface area contributed by atoms with E-state index >= 15 is 0 Å². The predicted molar refractivity (Wildman–Crippen MR) is 112 cm³/mol. The molecule has 3 aliphatic rings. The quantitative estimate of drug-likeness (QED) is 0.661. The zero-order valence-corrected chi connectivity index (χ0v) is 18.6. The molecule has 1 N–H and O–H groups in total. The highest BCUT2D eigenvalue weighted by Crippen LogP contribution is 2.40. The molecule has 1 aromatic heterocycles. The van der Waals surface area contributed by atoms with Crippen molar-refractivity contribution in [2.45, 2.75) is 43.9 Å². The van der Waals surface area contributed by atoms with Crippen LogP contribution >= 0.6 is 0 Å². The summed E-state index contributed by atoms with van der Waals surface area (Å²) in [5.41, 5.74) is 0.770. The van der Waals surface area contributed by atoms with E-state index in [2.05, 4.69) is 26.7 Å². The largest absolute Gasteiger partial charge is 0.490 e. The lowest BCUT2D eigenvalue weighted by atomic mass is 9.84. The number of amides is 1. The molecule has 5 rings (SSSR count). The van der Waals surface area contributed by atoms with Gasteiger partial charge in [0.2, 0.25) is 5.91 Å². The maximum atomic E-state index is 13.4. The third-order valence-electron chi connectivity index (χ3n) is 6.46. The highest BCUT2D eigenvalue weighted by Gasteiger charge is 2.45. The van der Waals surface area contributed by atoms with Gasteiger partial charge in [-0.05, 0) is 57.0 Å². The van der Waals surface area contributed by atoms with Gasteiger partial charge in [-0.2, -0.15) is 13.2 Å². The summed E-state index contributed by atoms with van der Waals surface area (Å²) in [5.74, 6) is -0.652. The number of aliphatic carboxylic acids is 1. The van der Waals surface area contributed by atoms with Crippen LogP contribution in [-0.4, -0.2) is 74.4 Å². The van der Waals surface area contributed by atoms with Gasteiger partial charge in [-0.3, -0.25) is 9.69 Å². The number of nitrogens with zero attached hydrogens (tertiary/aromatic N) is 5. The number of likely N-dealkylation sites (tertiary alicyclic amines) is 1. The normalized spacial score (nSPS) is 19.9. The van der Waals surface area contributed by atoms with Gasteiger partial charge in [0.1, 0.15) is 11.6 Å². The van der Waals surface area contributed by atoms with Crippen molar-refractivity contribution in [2.24, 2.45) is 5.92 Å². The van der Waals surface area contributed by atoms with E-state index in [9.17, 15) is 22.4 Å². The van der Waals surface area contributed by atoms with Crippen LogP contribution in [0.15, 0.2) is 24.3 Å². The predicted octanol–water partition coefficient (Wildman–Crippen LogP) is 2.89. The summed E-state index contributed by atoms with van der Waals surface area (Å²) in [6.45, 7) is 3.23. The minimum atomic E-state index is -5.08. The summed E-state index contributed by atoms with van der Waals surface area (Å²) in [6.07, 6.45) is -1.19. The van der Waals surface area contributed by atoms with E-state index in [1.165, 1.54) is 12.1 Å². The Bertz CT molecular complexity index is 1060. The Kier molecular flexibility index (Phi) is 6.36. The van der Waals surface area contributed by atoms with E-state index < -0.39 is 12.1 Å². The van der Waals surface area contributed by atoms with Crippen LogP contribution < -0.4 is 0 Å². The molecule has 2 aromatic rings. The van der Waals surface area contributed by atoms with Crippen LogP contribution in [0.3, 0.4) is 0 Å². The molecule has 2 aliphatic heterocycles. The molecule has 0 atom stereocenters. The van der Waals surface area contributed by atoms with E-state index in [4.69, 9.17) is 9.90 Å². The number of carboxylic acids is 1. The second-order valence-corrected chi connectivity index (χ2v) is 9.08. The fraction of sp³-hybridized carbons (Fsp3) is 0.545. The highest BCUT2D eigenvalue weighted by atomic mass is 19.4. The first kappa shape index (κ1) is 24.1. The van der Waals surface area contributed by atoms with E-state index in [-0.39, 0.29) is 17.3 Å². The summed E-state index contributed by atoms with van der Waals surface area (Å²) in [4.78, 5) is 25.7. The first-order chi connectivity index (χ1) is 16.0. The van der Waals surface area contributed by atoms with Crippen molar-refractivity contribution < 1.29 is 32.3 Å². The van der Waals surface area contributed by atoms with Gasteiger partial charge in [-0.15, -0.1) is 10.2 Å². The summed E-state index contributed by atoms with van der Waals surface area (Å²) < 4.78 is 47.4. The van der Waals surface area contributed by atoms with Crippen LogP contribution in [0.5, 0.6) is 0 Å². The Balaban J connectivity index is 0.000000344. The number of hydrogen-bond acceptors (Lipinski definition) is 5. The molecule has 184 valence electrons. The minimum Gasteiger partial charge on any atom is -0.475 e. The van der Waals surface area contributed by atoms with Gasteiger partial charge < -0.3 is 14.6 Å². The summed E-state index contributed by atoms with van der Waals surface area (Å²) in [6, 6.07) is 6.47. The average Bonchev–Trinajstić information content (AvgIpc) is 3.54. The van der Waals surface area contributed by atoms with Crippen molar-refractivity contribution in [3.8, 4) is 11.4 Å². The smallest absolute Gasteiger partial charge is 0.475 e. The van der Waals surface area contributed by atoms with Crippen molar-refractivity contribution >= 4 is 11.9 Å². The molecule has 0 unspecified atom stereocenters. The molecule has 8 nitrogen and oxygen atoms in total. The van der Waals surface area contributed by atoms with Gasteiger partial charge in [-0.25, -0.2) is 9.18 Å². The first-order valence-electron chi connectivity index (χ1n) is 11.0. The van der Waals surface area contributed by atoms with Crippen LogP contribution in [0.25, 0.3) is 11.4 Å². The number of fused-ring (bicyclic) bond motifs is 2. The first-order valence-corrected chi connectivity index (χ1v) is 11.0. The number of alkyl halides is 3. The number of hydrogen-bond donors (Lipinski definition) is 1. The Labute approximate surface area is 193 Å². The van der Waals surface area contributed by atoms with Crippen LogP contribution in [0.2, 0.25) is 0 Å². The highest BCUT2D eigenvalue weighted by molar-refractivity contribution is 5.81. The Morgan fingerprint density at radius 2 is 1.68 bits per heavy atom. The Hall–Kier alpha value is -3.02. The van der Waals surface area contributed by atoms with Crippen LogP contribution in [0.1, 0.15) is 31.5 Å². The number of aromatic nitrogens is 3. The number of likely N-dealkylation sites (N-methyl/N-ethyl adjacent to an activating group) is 1. The Morgan fingerprint density at radius 1 is 1.09 bits per heavy atom. The number of rotatable bonds is 2. The summed E-state index contributed by atoms with van der Waals surface area (Å²) >= 11 is 0. The van der Waals surface area contributed by atoms with E-state index in [1.807, 2.05) is 4.90 Å². The minimum absolute atomic E-state index is 0.115. The second-order valence-electron chi connectivity index (χ2n) is 9.08. The van der Waals surface area contributed by atoms with Gasteiger partial charge in [0.05, 0.1) is 12.1 Å². The SMILES string of the molecule is CN1Cc2nnc(-c3ccc(F)cc3)n2C2(CCN(C(=O)C3CC3)CC2)C1.O=C(O)C(F)(F)F. The fourth-order valence-electron chi connectivity index (χ4n) is 4.69. The molecule has 0 radical (unpaired) electrons. The second kappa shape index (κ2) is 8.97. The molecule has 1 saturated carbocycles. The Morgan fingerprint density at radius 3 is 2.21 bits per heavy atom. The van der Waals surface area contributed by atoms with Gasteiger partial charge in [-0.1, -0.05) is 0 Å². The molecule has 1 aliphatic carbocycles. The number of carbonyl (C=O) groups is 2. The standard InChI is InChI=1S/C20H24FN5O.C2HF3O2/c1-24-12-17-22-23-18(14-4-6-16(21)7-5-14)26(17)20(13-24)8-10-25(11-9-20)19(27)15-2-3-15;3-2(4,5)1(6)7/h4-7,15H,2-3,8-13H2,1H3;(H,6,7). The van der Waals surface area contributed by atoms with Crippen molar-refractivity contribution in [3.05, 3.63) is 35.9 Å². The molecular weight excluding hydrogens is 458 g/mol. The van der Waals surface area contributed by atoms with Crippen LogP contribution in [-0.2, 0) is 21.7 Å². The van der Waals surface area contributed by atoms with Gasteiger partial charge in [0.15, 0.2) is 5.82 Å². The zero-order valence-electron chi connectivity index (χ0n) is 18.6. The van der Waals surface area contributed by atoms with Crippen molar-refractivity contribution in [3.63, 3.8) is 0 Å². The number of piperidine rings is 1. The molecular formula is C22H25F4N5O3. The van der Waals surface area contributed by atoms with E-state index in [0.717, 1.165) is 69.1 Å². The third kappa shape index (κ3) is 4.91. The molecule has 2 fully saturated rings. The number of halogens is 4. The molecule has 1 saturated heterocycles. The van der Waals surface area contributed by atoms with Crippen LogP contribution in [0, 0.1) is 11.7 Å². The molecule has 3 heterocycles.